The van der Waals surface area contributed by atoms with E-state index >= 15 is 0 Å². The lowest BCUT2D eigenvalue weighted by molar-refractivity contribution is -0.159. The van der Waals surface area contributed by atoms with Crippen LogP contribution in [0.3, 0.4) is 0 Å². The van der Waals surface area contributed by atoms with Gasteiger partial charge in [-0.1, -0.05) is 42.5 Å². The topological polar surface area (TPSA) is 134 Å². The molecular formula is C34H47N3O7S. The Morgan fingerprint density at radius 3 is 2.02 bits per heavy atom. The minimum absolute atomic E-state index is 0.00218. The highest BCUT2D eigenvalue weighted by atomic mass is 32.2. The smallest absolute Gasteiger partial charge is 0.408 e. The molecule has 1 aliphatic carbocycles. The quantitative estimate of drug-likeness (QED) is 0.256. The molecule has 246 valence electrons. The van der Waals surface area contributed by atoms with Gasteiger partial charge in [0, 0.05) is 12.5 Å². The Morgan fingerprint density at radius 1 is 0.889 bits per heavy atom. The monoisotopic (exact) mass is 641 g/mol. The van der Waals surface area contributed by atoms with Crippen LogP contribution in [-0.2, 0) is 30.3 Å². The highest BCUT2D eigenvalue weighted by Crippen LogP contribution is 2.36. The summed E-state index contributed by atoms with van der Waals surface area (Å²) in [7, 11) is 0. The van der Waals surface area contributed by atoms with Gasteiger partial charge >= 0.3 is 12.1 Å². The molecule has 10 nitrogen and oxygen atoms in total. The average molecular weight is 642 g/mol. The van der Waals surface area contributed by atoms with Gasteiger partial charge in [-0.3, -0.25) is 9.59 Å². The Labute approximate surface area is 270 Å². The number of phenols is 1. The van der Waals surface area contributed by atoms with Gasteiger partial charge in [-0.15, -0.1) is 0 Å². The molecule has 3 rings (SSSR count). The minimum atomic E-state index is -1.15. The number of aromatic hydroxyl groups is 1. The molecule has 3 atom stereocenters. The molecule has 0 aliphatic heterocycles. The van der Waals surface area contributed by atoms with Crippen LogP contribution < -0.4 is 10.6 Å². The molecule has 0 spiro atoms. The Bertz CT molecular complexity index is 1300. The summed E-state index contributed by atoms with van der Waals surface area (Å²) in [4.78, 5) is 56.4. The van der Waals surface area contributed by atoms with E-state index in [2.05, 4.69) is 10.6 Å². The Balaban J connectivity index is 2.01. The van der Waals surface area contributed by atoms with Gasteiger partial charge in [-0.25, -0.2) is 9.59 Å². The van der Waals surface area contributed by atoms with Crippen LogP contribution in [0.1, 0.15) is 78.0 Å². The number of carbonyl (C=O) groups excluding carboxylic acids is 4. The van der Waals surface area contributed by atoms with Gasteiger partial charge in [0.05, 0.1) is 0 Å². The van der Waals surface area contributed by atoms with Gasteiger partial charge < -0.3 is 30.1 Å². The molecule has 3 N–H and O–H groups in total. The summed E-state index contributed by atoms with van der Waals surface area (Å²) in [5.41, 5.74) is -0.282. The molecule has 2 aromatic carbocycles. The third-order valence-electron chi connectivity index (χ3n) is 6.82. The van der Waals surface area contributed by atoms with E-state index in [9.17, 15) is 24.3 Å². The van der Waals surface area contributed by atoms with E-state index in [1.165, 1.54) is 28.8 Å². The van der Waals surface area contributed by atoms with Crippen molar-refractivity contribution in [3.05, 3.63) is 65.7 Å². The second-order valence-corrected chi connectivity index (χ2v) is 14.2. The van der Waals surface area contributed by atoms with Gasteiger partial charge in [0.25, 0.3) is 0 Å². The third kappa shape index (κ3) is 11.6. The predicted octanol–water partition coefficient (Wildman–Crippen LogP) is 5.14. The van der Waals surface area contributed by atoms with Crippen LogP contribution in [0.4, 0.5) is 4.79 Å². The Morgan fingerprint density at radius 2 is 1.49 bits per heavy atom. The first kappa shape index (κ1) is 35.7. The largest absolute Gasteiger partial charge is 0.508 e. The molecule has 1 aliphatic rings. The molecular weight excluding hydrogens is 594 g/mol. The van der Waals surface area contributed by atoms with Crippen LogP contribution in [-0.4, -0.2) is 75.2 Å². The second kappa shape index (κ2) is 15.5. The number of ether oxygens (including phenoxy) is 2. The fourth-order valence-electron chi connectivity index (χ4n) is 4.76. The van der Waals surface area contributed by atoms with Crippen LogP contribution in [0.15, 0.2) is 54.6 Å². The van der Waals surface area contributed by atoms with Gasteiger partial charge in [0.1, 0.15) is 35.1 Å². The van der Waals surface area contributed by atoms with Crippen molar-refractivity contribution in [1.82, 2.24) is 15.5 Å². The van der Waals surface area contributed by atoms with Crippen LogP contribution >= 0.6 is 11.8 Å². The zero-order valence-corrected chi connectivity index (χ0v) is 28.1. The standard InChI is InChI=1S/C34H47N3O7S/c1-33(2,3)43-31(41)27(21-22-11-9-8-10-12-22)35-29(39)28(23-13-17-25(38)18-14-23)37(24-15-16-24)30(40)26(19-20-45-7)36-32(42)44-34(4,5)6/h8-14,17-18,24,26-28,38H,15-16,19-21H2,1-7H3,(H,35,39)(H,36,42). The van der Waals surface area contributed by atoms with E-state index in [0.29, 0.717) is 30.6 Å². The van der Waals surface area contributed by atoms with Crippen molar-refractivity contribution in [3.8, 4) is 5.75 Å². The Kier molecular flexibility index (Phi) is 12.3. The van der Waals surface area contributed by atoms with E-state index in [4.69, 9.17) is 9.47 Å². The summed E-state index contributed by atoms with van der Waals surface area (Å²) in [5.74, 6) is -1.02. The van der Waals surface area contributed by atoms with Crippen LogP contribution in [0.2, 0.25) is 0 Å². The molecule has 3 unspecified atom stereocenters. The SMILES string of the molecule is CSCCC(NC(=O)OC(C)(C)C)C(=O)N(C1CC1)C(C(=O)NC(Cc1ccccc1)C(=O)OC(C)(C)C)c1ccc(O)cc1. The maximum Gasteiger partial charge on any atom is 0.408 e. The molecule has 45 heavy (non-hydrogen) atoms. The normalized spacial score (nSPS) is 15.3. The number of hydrogen-bond donors (Lipinski definition) is 3. The van der Waals surface area contributed by atoms with Crippen LogP contribution in [0.25, 0.3) is 0 Å². The maximum atomic E-state index is 14.3. The van der Waals surface area contributed by atoms with E-state index in [1.807, 2.05) is 36.6 Å². The van der Waals surface area contributed by atoms with Crippen molar-refractivity contribution in [2.75, 3.05) is 12.0 Å². The number of amides is 3. The van der Waals surface area contributed by atoms with E-state index in [0.717, 1.165) is 5.56 Å². The first-order chi connectivity index (χ1) is 21.1. The summed E-state index contributed by atoms with van der Waals surface area (Å²) in [6.07, 6.45) is 3.03. The molecule has 0 radical (unpaired) electrons. The Hall–Kier alpha value is -3.73. The minimum Gasteiger partial charge on any atom is -0.508 e. The lowest BCUT2D eigenvalue weighted by Gasteiger charge is -2.35. The molecule has 2 aromatic rings. The van der Waals surface area contributed by atoms with Gasteiger partial charge in [-0.05, 0) is 96.1 Å². The third-order valence-corrected chi connectivity index (χ3v) is 7.46. The average Bonchev–Trinajstić information content (AvgIpc) is 3.77. The lowest BCUT2D eigenvalue weighted by atomic mass is 10.00. The first-order valence-electron chi connectivity index (χ1n) is 15.2. The highest BCUT2D eigenvalue weighted by Gasteiger charge is 2.45. The predicted molar refractivity (Wildman–Crippen MR) is 175 cm³/mol. The number of phenolic OH excluding ortho intramolecular Hbond substituents is 1. The molecule has 0 saturated heterocycles. The number of esters is 1. The molecule has 0 heterocycles. The highest BCUT2D eigenvalue weighted by molar-refractivity contribution is 7.98. The number of rotatable bonds is 13. The fraction of sp³-hybridized carbons (Fsp3) is 0.529. The number of thioether (sulfide) groups is 1. The number of benzene rings is 2. The molecule has 1 saturated carbocycles. The molecule has 3 amide bonds. The molecule has 0 aromatic heterocycles. The van der Waals surface area contributed by atoms with Gasteiger partial charge in [0.15, 0.2) is 0 Å². The van der Waals surface area contributed by atoms with Gasteiger partial charge in [-0.2, -0.15) is 11.8 Å². The van der Waals surface area contributed by atoms with E-state index in [-0.39, 0.29) is 18.2 Å². The summed E-state index contributed by atoms with van der Waals surface area (Å²) in [5, 5.41) is 15.6. The summed E-state index contributed by atoms with van der Waals surface area (Å²) < 4.78 is 11.1. The molecule has 1 fully saturated rings. The van der Waals surface area contributed by atoms with Crippen molar-refractivity contribution < 1.29 is 33.8 Å². The summed E-state index contributed by atoms with van der Waals surface area (Å²) in [6.45, 7) is 10.5. The zero-order chi connectivity index (χ0) is 33.4. The fourth-order valence-corrected chi connectivity index (χ4v) is 5.23. The van der Waals surface area contributed by atoms with Crippen molar-refractivity contribution in [2.24, 2.45) is 0 Å². The zero-order valence-electron chi connectivity index (χ0n) is 27.3. The van der Waals surface area contributed by atoms with Crippen molar-refractivity contribution in [3.63, 3.8) is 0 Å². The molecule has 0 bridgehead atoms. The molecule has 11 heteroatoms. The second-order valence-electron chi connectivity index (χ2n) is 13.2. The number of nitrogens with one attached hydrogen (secondary N) is 2. The maximum absolute atomic E-state index is 14.3. The lowest BCUT2D eigenvalue weighted by Crippen LogP contribution is -2.55. The number of hydrogen-bond acceptors (Lipinski definition) is 8. The van der Waals surface area contributed by atoms with E-state index in [1.54, 1.807) is 53.7 Å². The number of nitrogens with zero attached hydrogens (tertiary/aromatic N) is 1. The number of carbonyl (C=O) groups is 4. The van der Waals surface area contributed by atoms with Crippen molar-refractivity contribution in [2.45, 2.75) is 103 Å². The summed E-state index contributed by atoms with van der Waals surface area (Å²) in [6, 6.07) is 12.0. The number of alkyl carbamates (subject to hydrolysis) is 1. The first-order valence-corrected chi connectivity index (χ1v) is 16.6. The van der Waals surface area contributed by atoms with Gasteiger partial charge in [0.2, 0.25) is 11.8 Å². The van der Waals surface area contributed by atoms with Crippen LogP contribution in [0.5, 0.6) is 5.75 Å². The van der Waals surface area contributed by atoms with Crippen molar-refractivity contribution in [1.29, 1.82) is 0 Å². The van der Waals surface area contributed by atoms with Crippen molar-refractivity contribution >= 4 is 35.6 Å². The van der Waals surface area contributed by atoms with E-state index < -0.39 is 53.2 Å². The summed E-state index contributed by atoms with van der Waals surface area (Å²) >= 11 is 1.53. The van der Waals surface area contributed by atoms with Crippen LogP contribution in [0, 0.1) is 0 Å².